The van der Waals surface area contributed by atoms with Gasteiger partial charge in [0.2, 0.25) is 0 Å². The average molecular weight is 162 g/mol. The fraction of sp³-hybridized carbons (Fsp3) is 0.455. The van der Waals surface area contributed by atoms with E-state index in [1.165, 1.54) is 11.1 Å². The van der Waals surface area contributed by atoms with Crippen molar-refractivity contribution in [3.05, 3.63) is 29.3 Å². The minimum absolute atomic E-state index is 0.200. The van der Waals surface area contributed by atoms with Crippen molar-refractivity contribution in [2.45, 2.75) is 32.8 Å². The molecule has 0 radical (unpaired) electrons. The highest BCUT2D eigenvalue weighted by molar-refractivity contribution is 5.44. The van der Waals surface area contributed by atoms with Crippen molar-refractivity contribution < 1.29 is 4.74 Å². The Labute approximate surface area is 73.4 Å². The van der Waals surface area contributed by atoms with E-state index in [9.17, 15) is 0 Å². The molecule has 2 heterocycles. The average Bonchev–Trinajstić information content (AvgIpc) is 2.05. The number of ether oxygens (including phenoxy) is 1. The molecule has 64 valence electrons. The van der Waals surface area contributed by atoms with Crippen LogP contribution in [0.5, 0.6) is 5.75 Å². The molecule has 0 fully saturated rings. The van der Waals surface area contributed by atoms with Crippen LogP contribution in [0.15, 0.2) is 18.2 Å². The maximum Gasteiger partial charge on any atom is 0.123 e. The number of rotatable bonds is 0. The van der Waals surface area contributed by atoms with Gasteiger partial charge in [0.15, 0.2) is 0 Å². The van der Waals surface area contributed by atoms with Gasteiger partial charge in [0.05, 0.1) is 0 Å². The smallest absolute Gasteiger partial charge is 0.123 e. The molecule has 3 rings (SSSR count). The minimum atomic E-state index is 0.200. The fourth-order valence-corrected chi connectivity index (χ4v) is 1.54. The zero-order chi connectivity index (χ0) is 8.77. The first-order valence-electron chi connectivity index (χ1n) is 4.33. The molecule has 2 bridgehead atoms. The van der Waals surface area contributed by atoms with Crippen LogP contribution >= 0.6 is 0 Å². The Morgan fingerprint density at radius 2 is 2.00 bits per heavy atom. The van der Waals surface area contributed by atoms with Gasteiger partial charge in [-0.2, -0.15) is 0 Å². The van der Waals surface area contributed by atoms with Crippen LogP contribution in [0.4, 0.5) is 0 Å². The van der Waals surface area contributed by atoms with Crippen LogP contribution < -0.4 is 4.74 Å². The Morgan fingerprint density at radius 3 is 2.25 bits per heavy atom. The van der Waals surface area contributed by atoms with Crippen molar-refractivity contribution >= 4 is 0 Å². The van der Waals surface area contributed by atoms with Gasteiger partial charge in [0.25, 0.3) is 0 Å². The van der Waals surface area contributed by atoms with E-state index in [0.717, 1.165) is 12.4 Å². The van der Waals surface area contributed by atoms with E-state index in [0.29, 0.717) is 0 Å². The molecule has 1 heteroatoms. The molecular formula is C11H14O. The van der Waals surface area contributed by atoms with Gasteiger partial charge in [0, 0.05) is 0 Å². The van der Waals surface area contributed by atoms with E-state index in [1.54, 1.807) is 0 Å². The van der Waals surface area contributed by atoms with Crippen molar-refractivity contribution in [3.8, 4) is 5.75 Å². The molecule has 0 unspecified atom stereocenters. The third-order valence-corrected chi connectivity index (χ3v) is 2.25. The number of benzene rings is 1. The number of hydrogen-bond donors (Lipinski definition) is 0. The van der Waals surface area contributed by atoms with E-state index in [2.05, 4.69) is 39.0 Å². The number of fused-ring (bicyclic) bond motifs is 3. The second-order valence-electron chi connectivity index (χ2n) is 4.37. The molecule has 2 aliphatic heterocycles. The zero-order valence-electron chi connectivity index (χ0n) is 7.85. The first-order chi connectivity index (χ1) is 5.57. The topological polar surface area (TPSA) is 9.23 Å². The van der Waals surface area contributed by atoms with Crippen LogP contribution in [0.2, 0.25) is 0 Å². The zero-order valence-corrected chi connectivity index (χ0v) is 7.85. The molecule has 0 amide bonds. The highest BCUT2D eigenvalue weighted by Crippen LogP contribution is 2.35. The van der Waals surface area contributed by atoms with Gasteiger partial charge >= 0.3 is 0 Å². The first-order valence-corrected chi connectivity index (χ1v) is 4.33. The summed E-state index contributed by atoms with van der Waals surface area (Å²) < 4.78 is 5.54. The van der Waals surface area contributed by atoms with Gasteiger partial charge < -0.3 is 4.74 Å². The standard InChI is InChI=1S/C11H14O/c1-11(2,3)9-6-8-4-5-10(9)12-7-8/h4-6H,7H2,1-3H3. The molecule has 0 aromatic heterocycles. The third-order valence-electron chi connectivity index (χ3n) is 2.25. The summed E-state index contributed by atoms with van der Waals surface area (Å²) in [7, 11) is 0. The summed E-state index contributed by atoms with van der Waals surface area (Å²) in [5, 5.41) is 0. The van der Waals surface area contributed by atoms with Crippen LogP contribution in [0.25, 0.3) is 0 Å². The van der Waals surface area contributed by atoms with E-state index in [-0.39, 0.29) is 5.41 Å². The predicted octanol–water partition coefficient (Wildman–Crippen LogP) is 2.88. The second kappa shape index (κ2) is 2.25. The molecule has 0 saturated carbocycles. The van der Waals surface area contributed by atoms with E-state index in [1.807, 2.05) is 0 Å². The monoisotopic (exact) mass is 162 g/mol. The first kappa shape index (κ1) is 7.66. The summed E-state index contributed by atoms with van der Waals surface area (Å²) in [6.07, 6.45) is 0. The van der Waals surface area contributed by atoms with Crippen LogP contribution in [0, 0.1) is 0 Å². The molecule has 12 heavy (non-hydrogen) atoms. The molecule has 1 aromatic rings. The molecular weight excluding hydrogens is 148 g/mol. The van der Waals surface area contributed by atoms with Gasteiger partial charge in [-0.3, -0.25) is 0 Å². The Bertz CT molecular complexity index is 307. The maximum atomic E-state index is 5.54. The molecule has 0 atom stereocenters. The molecule has 0 saturated heterocycles. The van der Waals surface area contributed by atoms with Crippen LogP contribution in [-0.4, -0.2) is 0 Å². The van der Waals surface area contributed by atoms with Crippen LogP contribution in [0.3, 0.4) is 0 Å². The van der Waals surface area contributed by atoms with Crippen molar-refractivity contribution in [1.29, 1.82) is 0 Å². The van der Waals surface area contributed by atoms with Gasteiger partial charge in [0.1, 0.15) is 12.4 Å². The van der Waals surface area contributed by atoms with Gasteiger partial charge in [-0.25, -0.2) is 0 Å². The SMILES string of the molecule is CC(C)(C)c1cc2ccc1OC2. The maximum absolute atomic E-state index is 5.54. The lowest BCUT2D eigenvalue weighted by atomic mass is 9.84. The largest absolute Gasteiger partial charge is 0.489 e. The third kappa shape index (κ3) is 1.09. The Balaban J connectivity index is 2.55. The lowest BCUT2D eigenvalue weighted by Crippen LogP contribution is -2.17. The van der Waals surface area contributed by atoms with Gasteiger partial charge in [-0.1, -0.05) is 26.8 Å². The number of hydrogen-bond acceptors (Lipinski definition) is 1. The quantitative estimate of drug-likeness (QED) is 0.570. The molecule has 0 N–H and O–H groups in total. The van der Waals surface area contributed by atoms with E-state index in [4.69, 9.17) is 4.74 Å². The lowest BCUT2D eigenvalue weighted by molar-refractivity contribution is 0.284. The normalized spacial score (nSPS) is 14.6. The summed E-state index contributed by atoms with van der Waals surface area (Å²) in [5.74, 6) is 1.05. The molecule has 0 aliphatic carbocycles. The van der Waals surface area contributed by atoms with Crippen LogP contribution in [0.1, 0.15) is 31.9 Å². The predicted molar refractivity (Wildman–Crippen MR) is 49.5 cm³/mol. The highest BCUT2D eigenvalue weighted by atomic mass is 16.5. The summed E-state index contributed by atoms with van der Waals surface area (Å²) in [5.41, 5.74) is 2.81. The Kier molecular flexibility index (Phi) is 1.44. The molecule has 1 nitrogen and oxygen atoms in total. The van der Waals surface area contributed by atoms with E-state index < -0.39 is 0 Å². The molecule has 2 aliphatic rings. The summed E-state index contributed by atoms with van der Waals surface area (Å²) in [4.78, 5) is 0. The molecule has 1 aromatic carbocycles. The summed E-state index contributed by atoms with van der Waals surface area (Å²) in [6.45, 7) is 7.39. The lowest BCUT2D eigenvalue weighted by Gasteiger charge is -2.27. The fourth-order valence-electron chi connectivity index (χ4n) is 1.54. The highest BCUT2D eigenvalue weighted by Gasteiger charge is 2.22. The van der Waals surface area contributed by atoms with Gasteiger partial charge in [-0.15, -0.1) is 0 Å². The van der Waals surface area contributed by atoms with Crippen molar-refractivity contribution in [2.75, 3.05) is 0 Å². The second-order valence-corrected chi connectivity index (χ2v) is 4.37. The summed E-state index contributed by atoms with van der Waals surface area (Å²) >= 11 is 0. The Morgan fingerprint density at radius 1 is 1.25 bits per heavy atom. The van der Waals surface area contributed by atoms with Crippen molar-refractivity contribution in [2.24, 2.45) is 0 Å². The van der Waals surface area contributed by atoms with Crippen molar-refractivity contribution in [3.63, 3.8) is 0 Å². The molecule has 0 spiro atoms. The van der Waals surface area contributed by atoms with E-state index >= 15 is 0 Å². The minimum Gasteiger partial charge on any atom is -0.489 e. The van der Waals surface area contributed by atoms with Crippen LogP contribution in [-0.2, 0) is 12.0 Å². The van der Waals surface area contributed by atoms with Crippen molar-refractivity contribution in [1.82, 2.24) is 0 Å². The Hall–Kier alpha value is -0.980. The van der Waals surface area contributed by atoms with Gasteiger partial charge in [-0.05, 0) is 28.7 Å². The summed E-state index contributed by atoms with van der Waals surface area (Å²) in [6, 6.07) is 6.45.